The van der Waals surface area contributed by atoms with Gasteiger partial charge in [-0.1, -0.05) is 18.2 Å². The van der Waals surface area contributed by atoms with Gasteiger partial charge >= 0.3 is 0 Å². The highest BCUT2D eigenvalue weighted by molar-refractivity contribution is 5.93. The van der Waals surface area contributed by atoms with Gasteiger partial charge in [-0.2, -0.15) is 0 Å². The van der Waals surface area contributed by atoms with E-state index < -0.39 is 0 Å². The summed E-state index contributed by atoms with van der Waals surface area (Å²) in [7, 11) is 0. The maximum Gasteiger partial charge on any atom is 0.269 e. The van der Waals surface area contributed by atoms with E-state index in [2.05, 4.69) is 32.3 Å². The van der Waals surface area contributed by atoms with Crippen molar-refractivity contribution in [3.05, 3.63) is 60.0 Å². The zero-order valence-electron chi connectivity index (χ0n) is 14.6. The summed E-state index contributed by atoms with van der Waals surface area (Å²) in [4.78, 5) is 22.1. The van der Waals surface area contributed by atoms with Crippen LogP contribution in [0.3, 0.4) is 0 Å². The number of nitrogens with zero attached hydrogens (tertiary/aromatic N) is 2. The number of fused-ring (bicyclic) bond motifs is 1. The highest BCUT2D eigenvalue weighted by atomic mass is 16.5. The zero-order chi connectivity index (χ0) is 17.8. The van der Waals surface area contributed by atoms with E-state index in [1.165, 1.54) is 10.9 Å². The van der Waals surface area contributed by atoms with Crippen LogP contribution in [0.2, 0.25) is 0 Å². The van der Waals surface area contributed by atoms with Crippen molar-refractivity contribution in [3.63, 3.8) is 0 Å². The molecule has 1 aliphatic rings. The number of carbonyl (C=O) groups is 1. The molecule has 4 rings (SSSR count). The molecule has 0 aliphatic carbocycles. The van der Waals surface area contributed by atoms with Gasteiger partial charge in [0.15, 0.2) is 0 Å². The number of carbonyl (C=O) groups excluding carboxylic acids is 1. The van der Waals surface area contributed by atoms with E-state index in [0.717, 1.165) is 30.7 Å². The quantitative estimate of drug-likeness (QED) is 0.741. The Hall–Kier alpha value is -2.86. The predicted octanol–water partition coefficient (Wildman–Crippen LogP) is 2.37. The molecular formula is C20H22N4O2. The number of pyridine rings is 1. The Morgan fingerprint density at radius 1 is 1.23 bits per heavy atom. The maximum absolute atomic E-state index is 12.4. The van der Waals surface area contributed by atoms with Crippen molar-refractivity contribution in [2.24, 2.45) is 0 Å². The van der Waals surface area contributed by atoms with Gasteiger partial charge in [-0.3, -0.25) is 9.78 Å². The third-order valence-corrected chi connectivity index (χ3v) is 4.71. The van der Waals surface area contributed by atoms with Gasteiger partial charge in [-0.05, 0) is 30.2 Å². The first-order valence-corrected chi connectivity index (χ1v) is 8.93. The van der Waals surface area contributed by atoms with Gasteiger partial charge in [0.05, 0.1) is 13.2 Å². The topological polar surface area (TPSA) is 70.2 Å². The number of benzene rings is 1. The first-order chi connectivity index (χ1) is 12.8. The molecule has 134 valence electrons. The summed E-state index contributed by atoms with van der Waals surface area (Å²) in [5.41, 5.74) is 3.79. The highest BCUT2D eigenvalue weighted by Gasteiger charge is 2.14. The number of aromatic nitrogens is 2. The van der Waals surface area contributed by atoms with Gasteiger partial charge < -0.3 is 19.9 Å². The standard InChI is InChI=1S/C20H22N4O2/c25-20(19-13-16(6-8-21-19)24-9-11-26-12-10-24)22-7-5-15-14-23-18-4-2-1-3-17(15)18/h1-4,6,8,13-14,23H,5,7,9-12H2,(H,22,25). The van der Waals surface area contributed by atoms with Crippen molar-refractivity contribution >= 4 is 22.5 Å². The molecule has 6 heteroatoms. The monoisotopic (exact) mass is 350 g/mol. The Labute approximate surface area is 152 Å². The fourth-order valence-corrected chi connectivity index (χ4v) is 3.30. The molecular weight excluding hydrogens is 328 g/mol. The SMILES string of the molecule is O=C(NCCc1c[nH]c2ccccc12)c1cc(N2CCOCC2)ccn1. The van der Waals surface area contributed by atoms with Crippen molar-refractivity contribution in [3.8, 4) is 0 Å². The Morgan fingerprint density at radius 2 is 2.08 bits per heavy atom. The summed E-state index contributed by atoms with van der Waals surface area (Å²) in [6, 6.07) is 12.0. The number of aromatic amines is 1. The summed E-state index contributed by atoms with van der Waals surface area (Å²) < 4.78 is 5.38. The van der Waals surface area contributed by atoms with Crippen molar-refractivity contribution in [2.45, 2.75) is 6.42 Å². The third kappa shape index (κ3) is 3.55. The van der Waals surface area contributed by atoms with E-state index in [1.54, 1.807) is 6.20 Å². The van der Waals surface area contributed by atoms with Crippen molar-refractivity contribution in [2.75, 3.05) is 37.7 Å². The molecule has 26 heavy (non-hydrogen) atoms. The second-order valence-corrected chi connectivity index (χ2v) is 6.36. The van der Waals surface area contributed by atoms with Gasteiger partial charge in [0.25, 0.3) is 5.91 Å². The lowest BCUT2D eigenvalue weighted by molar-refractivity contribution is 0.0949. The highest BCUT2D eigenvalue weighted by Crippen LogP contribution is 2.18. The zero-order valence-corrected chi connectivity index (χ0v) is 14.6. The number of H-pyrrole nitrogens is 1. The molecule has 3 aromatic rings. The minimum absolute atomic E-state index is 0.139. The maximum atomic E-state index is 12.4. The average molecular weight is 350 g/mol. The van der Waals surface area contributed by atoms with Crippen LogP contribution >= 0.6 is 0 Å². The van der Waals surface area contributed by atoms with E-state index in [-0.39, 0.29) is 5.91 Å². The van der Waals surface area contributed by atoms with Crippen molar-refractivity contribution in [1.82, 2.24) is 15.3 Å². The van der Waals surface area contributed by atoms with Crippen LogP contribution in [0.1, 0.15) is 16.1 Å². The fourth-order valence-electron chi connectivity index (χ4n) is 3.30. The number of nitrogens with one attached hydrogen (secondary N) is 2. The van der Waals surface area contributed by atoms with Gasteiger partial charge in [0, 0.05) is 48.6 Å². The van der Waals surface area contributed by atoms with Crippen LogP contribution in [0, 0.1) is 0 Å². The van der Waals surface area contributed by atoms with Gasteiger partial charge in [0.1, 0.15) is 5.69 Å². The Kier molecular flexibility index (Phi) is 4.84. The van der Waals surface area contributed by atoms with Crippen LogP contribution in [0.5, 0.6) is 0 Å². The molecule has 1 fully saturated rings. The molecule has 3 heterocycles. The lowest BCUT2D eigenvalue weighted by atomic mass is 10.1. The summed E-state index contributed by atoms with van der Waals surface area (Å²) in [5, 5.41) is 4.18. The summed E-state index contributed by atoms with van der Waals surface area (Å²) in [6.07, 6.45) is 4.48. The van der Waals surface area contributed by atoms with Crippen LogP contribution in [-0.4, -0.2) is 48.7 Å². The summed E-state index contributed by atoms with van der Waals surface area (Å²) >= 11 is 0. The summed E-state index contributed by atoms with van der Waals surface area (Å²) in [5.74, 6) is -0.139. The predicted molar refractivity (Wildman–Crippen MR) is 102 cm³/mol. The normalized spacial score (nSPS) is 14.5. The van der Waals surface area contributed by atoms with E-state index in [1.807, 2.05) is 30.5 Å². The van der Waals surface area contributed by atoms with Gasteiger partial charge in [-0.25, -0.2) is 0 Å². The molecule has 2 N–H and O–H groups in total. The molecule has 1 aliphatic heterocycles. The van der Waals surface area contributed by atoms with Crippen LogP contribution in [0.25, 0.3) is 10.9 Å². The second-order valence-electron chi connectivity index (χ2n) is 6.36. The van der Waals surface area contributed by atoms with Crippen LogP contribution in [0.15, 0.2) is 48.8 Å². The number of para-hydroxylation sites is 1. The average Bonchev–Trinajstić information content (AvgIpc) is 3.12. The Balaban J connectivity index is 1.37. The lowest BCUT2D eigenvalue weighted by Gasteiger charge is -2.28. The van der Waals surface area contributed by atoms with Crippen LogP contribution in [0.4, 0.5) is 5.69 Å². The summed E-state index contributed by atoms with van der Waals surface area (Å²) in [6.45, 7) is 3.68. The molecule has 0 unspecified atom stereocenters. The van der Waals surface area contributed by atoms with Gasteiger partial charge in [0.2, 0.25) is 0 Å². The van der Waals surface area contributed by atoms with Crippen LogP contribution < -0.4 is 10.2 Å². The number of amides is 1. The lowest BCUT2D eigenvalue weighted by Crippen LogP contribution is -2.36. The molecule has 0 atom stereocenters. The molecule has 1 amide bonds. The largest absolute Gasteiger partial charge is 0.378 e. The fraction of sp³-hybridized carbons (Fsp3) is 0.300. The smallest absolute Gasteiger partial charge is 0.269 e. The number of hydrogen-bond acceptors (Lipinski definition) is 4. The molecule has 6 nitrogen and oxygen atoms in total. The first-order valence-electron chi connectivity index (χ1n) is 8.93. The molecule has 0 saturated carbocycles. The van der Waals surface area contributed by atoms with Crippen LogP contribution in [-0.2, 0) is 11.2 Å². The second kappa shape index (κ2) is 7.58. The molecule has 0 radical (unpaired) electrons. The molecule has 0 bridgehead atoms. The molecule has 1 aromatic carbocycles. The van der Waals surface area contributed by atoms with Crippen molar-refractivity contribution in [1.29, 1.82) is 0 Å². The van der Waals surface area contributed by atoms with E-state index in [4.69, 9.17) is 4.74 Å². The van der Waals surface area contributed by atoms with Crippen molar-refractivity contribution < 1.29 is 9.53 Å². The minimum Gasteiger partial charge on any atom is -0.378 e. The Bertz CT molecular complexity index is 899. The number of morpholine rings is 1. The number of hydrogen-bond donors (Lipinski definition) is 2. The molecule has 2 aromatic heterocycles. The Morgan fingerprint density at radius 3 is 2.96 bits per heavy atom. The van der Waals surface area contributed by atoms with E-state index >= 15 is 0 Å². The minimum atomic E-state index is -0.139. The third-order valence-electron chi connectivity index (χ3n) is 4.71. The van der Waals surface area contributed by atoms with E-state index in [9.17, 15) is 4.79 Å². The first kappa shape index (κ1) is 16.6. The van der Waals surface area contributed by atoms with Gasteiger partial charge in [-0.15, -0.1) is 0 Å². The number of ether oxygens (including phenoxy) is 1. The number of anilines is 1. The molecule has 1 saturated heterocycles. The molecule has 0 spiro atoms. The number of rotatable bonds is 5. The van der Waals surface area contributed by atoms with E-state index in [0.29, 0.717) is 25.5 Å².